The summed E-state index contributed by atoms with van der Waals surface area (Å²) in [5.74, 6) is 0.233. The van der Waals surface area contributed by atoms with Crippen molar-refractivity contribution in [3.8, 4) is 5.75 Å². The Hall–Kier alpha value is -1.81. The molecule has 0 unspecified atom stereocenters. The Bertz CT molecular complexity index is 425. The van der Waals surface area contributed by atoms with Gasteiger partial charge < -0.3 is 14.6 Å². The van der Waals surface area contributed by atoms with Gasteiger partial charge >= 0.3 is 5.97 Å². The van der Waals surface area contributed by atoms with Crippen molar-refractivity contribution in [1.29, 1.82) is 0 Å². The summed E-state index contributed by atoms with van der Waals surface area (Å²) in [6, 6.07) is 7.03. The third kappa shape index (κ3) is 2.06. The van der Waals surface area contributed by atoms with Crippen molar-refractivity contribution in [3.05, 3.63) is 42.0 Å². The molecule has 4 heteroatoms. The highest BCUT2D eigenvalue weighted by molar-refractivity contribution is 5.84. The number of cyclic esters (lactones) is 1. The molecule has 0 fully saturated rings. The molecule has 1 aliphatic rings. The predicted molar refractivity (Wildman–Crippen MR) is 57.0 cm³/mol. The van der Waals surface area contributed by atoms with Gasteiger partial charge in [0.05, 0.1) is 7.11 Å². The first-order valence-electron chi connectivity index (χ1n) is 4.91. The van der Waals surface area contributed by atoms with E-state index in [1.54, 1.807) is 37.5 Å². The number of carbonyl (C=O) groups is 1. The molecule has 84 valence electrons. The maximum Gasteiger partial charge on any atom is 0.331 e. The average Bonchev–Trinajstić information content (AvgIpc) is 2.75. The van der Waals surface area contributed by atoms with Crippen molar-refractivity contribution in [3.63, 3.8) is 0 Å². The molecule has 0 saturated heterocycles. The zero-order chi connectivity index (χ0) is 11.5. The highest BCUT2D eigenvalue weighted by atomic mass is 16.6. The molecule has 2 atom stereocenters. The Morgan fingerprint density at radius 1 is 1.50 bits per heavy atom. The normalized spacial score (nSPS) is 20.6. The van der Waals surface area contributed by atoms with E-state index in [0.29, 0.717) is 11.3 Å². The van der Waals surface area contributed by atoms with Crippen LogP contribution < -0.4 is 4.74 Å². The second-order valence-corrected chi connectivity index (χ2v) is 3.48. The van der Waals surface area contributed by atoms with Gasteiger partial charge in [-0.3, -0.25) is 0 Å². The summed E-state index contributed by atoms with van der Waals surface area (Å²) in [6.45, 7) is 0. The molecular weight excluding hydrogens is 208 g/mol. The van der Waals surface area contributed by atoms with Crippen molar-refractivity contribution in [1.82, 2.24) is 0 Å². The number of aliphatic hydroxyl groups is 1. The lowest BCUT2D eigenvalue weighted by atomic mass is 10.0. The topological polar surface area (TPSA) is 55.8 Å². The minimum atomic E-state index is -0.863. The van der Waals surface area contributed by atoms with Gasteiger partial charge in [-0.2, -0.15) is 0 Å². The number of rotatable bonds is 3. The highest BCUT2D eigenvalue weighted by Gasteiger charge is 2.26. The van der Waals surface area contributed by atoms with Crippen molar-refractivity contribution in [2.24, 2.45) is 0 Å². The number of hydrogen-bond acceptors (Lipinski definition) is 4. The van der Waals surface area contributed by atoms with Crippen molar-refractivity contribution in [2.45, 2.75) is 12.2 Å². The van der Waals surface area contributed by atoms with Crippen molar-refractivity contribution in [2.75, 3.05) is 7.11 Å². The van der Waals surface area contributed by atoms with Gasteiger partial charge in [0.1, 0.15) is 11.9 Å². The monoisotopic (exact) mass is 220 g/mol. The Balaban J connectivity index is 2.17. The minimum Gasteiger partial charge on any atom is -0.497 e. The van der Waals surface area contributed by atoms with Crippen LogP contribution in [0.4, 0.5) is 0 Å². The maximum absolute atomic E-state index is 10.9. The van der Waals surface area contributed by atoms with Gasteiger partial charge in [-0.15, -0.1) is 0 Å². The van der Waals surface area contributed by atoms with Crippen LogP contribution in [-0.4, -0.2) is 24.3 Å². The lowest BCUT2D eigenvalue weighted by molar-refractivity contribution is -0.142. The zero-order valence-corrected chi connectivity index (χ0v) is 8.79. The summed E-state index contributed by atoms with van der Waals surface area (Å²) in [7, 11) is 1.56. The summed E-state index contributed by atoms with van der Waals surface area (Å²) in [5.41, 5.74) is 0.656. The third-order valence-electron chi connectivity index (χ3n) is 2.42. The highest BCUT2D eigenvalue weighted by Crippen LogP contribution is 2.25. The zero-order valence-electron chi connectivity index (χ0n) is 8.79. The van der Waals surface area contributed by atoms with Gasteiger partial charge in [0.2, 0.25) is 0 Å². The number of esters is 1. The first-order chi connectivity index (χ1) is 7.70. The average molecular weight is 220 g/mol. The van der Waals surface area contributed by atoms with E-state index in [-0.39, 0.29) is 0 Å². The number of methoxy groups -OCH3 is 1. The summed E-state index contributed by atoms with van der Waals surface area (Å²) in [6.07, 6.45) is 1.39. The third-order valence-corrected chi connectivity index (χ3v) is 2.42. The van der Waals surface area contributed by atoms with E-state index in [1.807, 2.05) is 0 Å². The Morgan fingerprint density at radius 3 is 2.94 bits per heavy atom. The van der Waals surface area contributed by atoms with Crippen LogP contribution >= 0.6 is 0 Å². The molecule has 0 saturated carbocycles. The van der Waals surface area contributed by atoms with E-state index in [9.17, 15) is 9.90 Å². The molecule has 0 aliphatic carbocycles. The number of hydrogen-bond donors (Lipinski definition) is 1. The second kappa shape index (κ2) is 4.37. The minimum absolute atomic E-state index is 0.424. The maximum atomic E-state index is 10.9. The summed E-state index contributed by atoms with van der Waals surface area (Å²) in [4.78, 5) is 10.9. The summed E-state index contributed by atoms with van der Waals surface area (Å²) < 4.78 is 9.96. The molecular formula is C12H12O4. The lowest BCUT2D eigenvalue weighted by Gasteiger charge is -2.17. The SMILES string of the molecule is COc1cccc([C@H](O)[C@H]2C=CC(=O)O2)c1. The molecule has 1 aliphatic heterocycles. The smallest absolute Gasteiger partial charge is 0.331 e. The molecule has 1 N–H and O–H groups in total. The Labute approximate surface area is 93.1 Å². The fourth-order valence-electron chi connectivity index (χ4n) is 1.57. The molecule has 1 aromatic carbocycles. The van der Waals surface area contributed by atoms with E-state index >= 15 is 0 Å². The van der Waals surface area contributed by atoms with Crippen LogP contribution in [0.1, 0.15) is 11.7 Å². The van der Waals surface area contributed by atoms with E-state index < -0.39 is 18.2 Å². The van der Waals surface area contributed by atoms with Crippen LogP contribution in [0.25, 0.3) is 0 Å². The number of benzene rings is 1. The van der Waals surface area contributed by atoms with Crippen LogP contribution in [0, 0.1) is 0 Å². The van der Waals surface area contributed by atoms with Gasteiger partial charge in [-0.25, -0.2) is 4.79 Å². The van der Waals surface area contributed by atoms with Gasteiger partial charge in [-0.05, 0) is 23.8 Å². The van der Waals surface area contributed by atoms with Crippen LogP contribution in [-0.2, 0) is 9.53 Å². The largest absolute Gasteiger partial charge is 0.497 e. The molecule has 4 nitrogen and oxygen atoms in total. The van der Waals surface area contributed by atoms with Gasteiger partial charge in [0.25, 0.3) is 0 Å². The predicted octanol–water partition coefficient (Wildman–Crippen LogP) is 1.21. The fourth-order valence-corrected chi connectivity index (χ4v) is 1.57. The van der Waals surface area contributed by atoms with Crippen molar-refractivity contribution >= 4 is 5.97 Å². The molecule has 1 heterocycles. The van der Waals surface area contributed by atoms with Crippen LogP contribution in [0.15, 0.2) is 36.4 Å². The quantitative estimate of drug-likeness (QED) is 0.778. The van der Waals surface area contributed by atoms with E-state index in [2.05, 4.69) is 0 Å². The molecule has 0 radical (unpaired) electrons. The standard InChI is InChI=1S/C12H12O4/c1-15-9-4-2-3-8(7-9)12(14)10-5-6-11(13)16-10/h2-7,10,12,14H,1H3/t10-,12+/m1/s1. The molecule has 0 aromatic heterocycles. The first-order valence-corrected chi connectivity index (χ1v) is 4.91. The molecule has 2 rings (SSSR count). The van der Waals surface area contributed by atoms with E-state index in [0.717, 1.165) is 0 Å². The van der Waals surface area contributed by atoms with Gasteiger partial charge in [-0.1, -0.05) is 12.1 Å². The molecule has 0 bridgehead atoms. The number of carbonyl (C=O) groups excluding carboxylic acids is 1. The van der Waals surface area contributed by atoms with Gasteiger partial charge in [0, 0.05) is 6.08 Å². The fraction of sp³-hybridized carbons (Fsp3) is 0.250. The van der Waals surface area contributed by atoms with Crippen LogP contribution in [0.5, 0.6) is 5.75 Å². The first kappa shape index (κ1) is 10.7. The van der Waals surface area contributed by atoms with Crippen molar-refractivity contribution < 1.29 is 19.4 Å². The van der Waals surface area contributed by atoms with Crippen LogP contribution in [0.2, 0.25) is 0 Å². The van der Waals surface area contributed by atoms with E-state index in [4.69, 9.17) is 9.47 Å². The summed E-state index contributed by atoms with van der Waals surface area (Å²) >= 11 is 0. The molecule has 1 aromatic rings. The molecule has 16 heavy (non-hydrogen) atoms. The summed E-state index contributed by atoms with van der Waals surface area (Å²) in [5, 5.41) is 9.97. The number of aliphatic hydroxyl groups excluding tert-OH is 1. The molecule has 0 amide bonds. The Kier molecular flexibility index (Phi) is 2.92. The lowest BCUT2D eigenvalue weighted by Crippen LogP contribution is -2.18. The second-order valence-electron chi connectivity index (χ2n) is 3.48. The van der Waals surface area contributed by atoms with Crippen LogP contribution in [0.3, 0.4) is 0 Å². The Morgan fingerprint density at radius 2 is 2.31 bits per heavy atom. The number of ether oxygens (including phenoxy) is 2. The molecule has 0 spiro atoms. The van der Waals surface area contributed by atoms with Gasteiger partial charge in [0.15, 0.2) is 6.10 Å². The van der Waals surface area contributed by atoms with E-state index in [1.165, 1.54) is 6.08 Å².